The summed E-state index contributed by atoms with van der Waals surface area (Å²) in [4.78, 5) is 4.10. The highest BCUT2D eigenvalue weighted by atomic mass is 14.7. The van der Waals surface area contributed by atoms with E-state index in [1.165, 1.54) is 0 Å². The Morgan fingerprint density at radius 3 is 2.62 bits per heavy atom. The zero-order valence-corrected chi connectivity index (χ0v) is 9.01. The second-order valence-corrected chi connectivity index (χ2v) is 3.71. The Morgan fingerprint density at radius 2 is 1.94 bits per heavy atom. The molecule has 2 rings (SSSR count). The minimum atomic E-state index is -0.100. The average Bonchev–Trinajstić information content (AvgIpc) is 2.39. The van der Waals surface area contributed by atoms with Gasteiger partial charge in [-0.3, -0.25) is 4.98 Å². The molecule has 0 radical (unpaired) electrons. The first-order valence-electron chi connectivity index (χ1n) is 5.27. The molecular formula is C13H15N3. The zero-order valence-electron chi connectivity index (χ0n) is 9.01. The average molecular weight is 213 g/mol. The Hall–Kier alpha value is -1.71. The molecule has 0 aliphatic rings. The number of benzene rings is 1. The number of hydrogen-bond donors (Lipinski definition) is 2. The highest BCUT2D eigenvalue weighted by Crippen LogP contribution is 2.21. The van der Waals surface area contributed by atoms with Crippen molar-refractivity contribution in [3.63, 3.8) is 0 Å². The molecule has 0 saturated heterocycles. The maximum absolute atomic E-state index is 5.90. The van der Waals surface area contributed by atoms with Crippen LogP contribution in [0.5, 0.6) is 0 Å². The first-order chi connectivity index (χ1) is 7.81. The van der Waals surface area contributed by atoms with Crippen LogP contribution in [0.15, 0.2) is 48.8 Å². The lowest BCUT2D eigenvalue weighted by Gasteiger charge is -2.10. The Labute approximate surface area is 95.1 Å². The minimum Gasteiger partial charge on any atom is -0.329 e. The molecule has 0 aliphatic carbocycles. The summed E-state index contributed by atoms with van der Waals surface area (Å²) in [6, 6.07) is 11.9. The molecule has 1 atom stereocenters. The lowest BCUT2D eigenvalue weighted by molar-refractivity contribution is 0.737. The van der Waals surface area contributed by atoms with Crippen LogP contribution in [-0.2, 0) is 0 Å². The number of nitrogens with two attached hydrogens (primary N) is 2. The maximum Gasteiger partial charge on any atom is 0.0419 e. The van der Waals surface area contributed by atoms with Crippen molar-refractivity contribution in [3.05, 3.63) is 54.4 Å². The van der Waals surface area contributed by atoms with Gasteiger partial charge in [0.2, 0.25) is 0 Å². The summed E-state index contributed by atoms with van der Waals surface area (Å²) in [5.74, 6) is 0. The van der Waals surface area contributed by atoms with Crippen LogP contribution in [0.4, 0.5) is 0 Å². The van der Waals surface area contributed by atoms with Gasteiger partial charge < -0.3 is 11.5 Å². The molecule has 1 aromatic carbocycles. The fourth-order valence-corrected chi connectivity index (χ4v) is 1.62. The van der Waals surface area contributed by atoms with E-state index in [0.717, 1.165) is 16.7 Å². The van der Waals surface area contributed by atoms with Gasteiger partial charge in [-0.2, -0.15) is 0 Å². The number of hydrogen-bond acceptors (Lipinski definition) is 3. The second-order valence-electron chi connectivity index (χ2n) is 3.71. The Morgan fingerprint density at radius 1 is 1.12 bits per heavy atom. The lowest BCUT2D eigenvalue weighted by atomic mass is 10.0. The van der Waals surface area contributed by atoms with Gasteiger partial charge in [0.25, 0.3) is 0 Å². The van der Waals surface area contributed by atoms with E-state index in [1.54, 1.807) is 6.20 Å². The van der Waals surface area contributed by atoms with E-state index >= 15 is 0 Å². The van der Waals surface area contributed by atoms with Gasteiger partial charge in [-0.1, -0.05) is 24.3 Å². The molecule has 0 aliphatic heterocycles. The summed E-state index contributed by atoms with van der Waals surface area (Å²) in [5, 5.41) is 0. The zero-order chi connectivity index (χ0) is 11.4. The van der Waals surface area contributed by atoms with Crippen LogP contribution >= 0.6 is 0 Å². The first kappa shape index (κ1) is 10.8. The quantitative estimate of drug-likeness (QED) is 0.815. The Kier molecular flexibility index (Phi) is 3.29. The molecule has 0 unspecified atom stereocenters. The van der Waals surface area contributed by atoms with Crippen LogP contribution in [0, 0.1) is 0 Å². The van der Waals surface area contributed by atoms with Gasteiger partial charge in [-0.25, -0.2) is 0 Å². The van der Waals surface area contributed by atoms with Crippen LogP contribution in [0.2, 0.25) is 0 Å². The summed E-state index contributed by atoms with van der Waals surface area (Å²) in [5.41, 5.74) is 14.7. The van der Waals surface area contributed by atoms with Crippen molar-refractivity contribution in [2.24, 2.45) is 11.5 Å². The van der Waals surface area contributed by atoms with Crippen LogP contribution < -0.4 is 11.5 Å². The molecule has 0 spiro atoms. The molecule has 0 amide bonds. The summed E-state index contributed by atoms with van der Waals surface area (Å²) >= 11 is 0. The van der Waals surface area contributed by atoms with Crippen molar-refractivity contribution in [2.45, 2.75) is 6.04 Å². The van der Waals surface area contributed by atoms with Crippen molar-refractivity contribution in [1.29, 1.82) is 0 Å². The molecule has 1 aromatic heterocycles. The highest BCUT2D eigenvalue weighted by Gasteiger charge is 2.04. The second kappa shape index (κ2) is 4.88. The molecule has 0 bridgehead atoms. The third kappa shape index (κ3) is 2.27. The van der Waals surface area contributed by atoms with Crippen LogP contribution in [0.3, 0.4) is 0 Å². The van der Waals surface area contributed by atoms with E-state index in [-0.39, 0.29) is 6.04 Å². The van der Waals surface area contributed by atoms with E-state index in [0.29, 0.717) is 6.54 Å². The molecule has 0 fully saturated rings. The summed E-state index contributed by atoms with van der Waals surface area (Å²) in [6.45, 7) is 0.455. The van der Waals surface area contributed by atoms with Gasteiger partial charge >= 0.3 is 0 Å². The van der Waals surface area contributed by atoms with E-state index in [2.05, 4.69) is 11.1 Å². The van der Waals surface area contributed by atoms with Crippen molar-refractivity contribution in [1.82, 2.24) is 4.98 Å². The maximum atomic E-state index is 5.90. The lowest BCUT2D eigenvalue weighted by Crippen LogP contribution is -2.20. The van der Waals surface area contributed by atoms with Crippen molar-refractivity contribution in [3.8, 4) is 11.1 Å². The van der Waals surface area contributed by atoms with Gasteiger partial charge in [-0.15, -0.1) is 0 Å². The normalized spacial score (nSPS) is 12.4. The van der Waals surface area contributed by atoms with Crippen LogP contribution in [0.25, 0.3) is 11.1 Å². The minimum absolute atomic E-state index is 0.100. The Bertz CT molecular complexity index is 454. The molecule has 82 valence electrons. The predicted molar refractivity (Wildman–Crippen MR) is 65.7 cm³/mol. The summed E-state index contributed by atoms with van der Waals surface area (Å²) in [7, 11) is 0. The van der Waals surface area contributed by atoms with E-state index in [1.807, 2.05) is 36.5 Å². The molecule has 2 aromatic rings. The van der Waals surface area contributed by atoms with Crippen LogP contribution in [0.1, 0.15) is 11.6 Å². The fourth-order valence-electron chi connectivity index (χ4n) is 1.62. The van der Waals surface area contributed by atoms with E-state index in [4.69, 9.17) is 11.5 Å². The number of pyridine rings is 1. The van der Waals surface area contributed by atoms with Gasteiger partial charge in [-0.05, 0) is 28.8 Å². The standard InChI is InChI=1S/C13H15N3/c14-8-13(15)11-4-1-3-10(7-11)12-5-2-6-16-9-12/h1-7,9,13H,8,14-15H2/t13-/m0/s1. The largest absolute Gasteiger partial charge is 0.329 e. The molecule has 3 heteroatoms. The van der Waals surface area contributed by atoms with Gasteiger partial charge in [0.15, 0.2) is 0 Å². The van der Waals surface area contributed by atoms with Crippen molar-refractivity contribution in [2.75, 3.05) is 6.54 Å². The highest BCUT2D eigenvalue weighted by molar-refractivity contribution is 5.63. The van der Waals surface area contributed by atoms with Gasteiger partial charge in [0.05, 0.1) is 0 Å². The first-order valence-corrected chi connectivity index (χ1v) is 5.27. The van der Waals surface area contributed by atoms with Gasteiger partial charge in [0, 0.05) is 25.0 Å². The molecule has 16 heavy (non-hydrogen) atoms. The third-order valence-electron chi connectivity index (χ3n) is 2.56. The van der Waals surface area contributed by atoms with Crippen molar-refractivity contribution >= 4 is 0 Å². The predicted octanol–water partition coefficient (Wildman–Crippen LogP) is 1.71. The SMILES string of the molecule is NC[C@H](N)c1cccc(-c2cccnc2)c1. The third-order valence-corrected chi connectivity index (χ3v) is 2.56. The topological polar surface area (TPSA) is 64.9 Å². The molecule has 0 saturated carbocycles. The van der Waals surface area contributed by atoms with Crippen LogP contribution in [-0.4, -0.2) is 11.5 Å². The van der Waals surface area contributed by atoms with E-state index in [9.17, 15) is 0 Å². The summed E-state index contributed by atoms with van der Waals surface area (Å²) < 4.78 is 0. The monoisotopic (exact) mass is 213 g/mol. The van der Waals surface area contributed by atoms with E-state index < -0.39 is 0 Å². The van der Waals surface area contributed by atoms with Gasteiger partial charge in [0.1, 0.15) is 0 Å². The molecule has 3 nitrogen and oxygen atoms in total. The molecular weight excluding hydrogens is 198 g/mol. The Balaban J connectivity index is 2.36. The number of nitrogens with zero attached hydrogens (tertiary/aromatic N) is 1. The fraction of sp³-hybridized carbons (Fsp3) is 0.154. The number of aromatic nitrogens is 1. The van der Waals surface area contributed by atoms with Crippen molar-refractivity contribution < 1.29 is 0 Å². The molecule has 1 heterocycles. The smallest absolute Gasteiger partial charge is 0.0419 e. The number of rotatable bonds is 3. The molecule has 4 N–H and O–H groups in total. The summed E-state index contributed by atoms with van der Waals surface area (Å²) in [6.07, 6.45) is 3.60.